The summed E-state index contributed by atoms with van der Waals surface area (Å²) in [5.41, 5.74) is 1.45. The van der Waals surface area contributed by atoms with E-state index in [2.05, 4.69) is 4.57 Å². The highest BCUT2D eigenvalue weighted by Crippen LogP contribution is 2.30. The van der Waals surface area contributed by atoms with Gasteiger partial charge in [-0.2, -0.15) is 9.57 Å². The number of hydrogen-bond donors (Lipinski definition) is 0. The zero-order valence-corrected chi connectivity index (χ0v) is 12.4. The van der Waals surface area contributed by atoms with Gasteiger partial charge in [0.15, 0.2) is 0 Å². The molecule has 5 nitrogen and oxygen atoms in total. The Labute approximate surface area is 124 Å². The summed E-state index contributed by atoms with van der Waals surface area (Å²) in [4.78, 5) is 0.230. The Morgan fingerprint density at radius 3 is 2.57 bits per heavy atom. The maximum atomic E-state index is 12.8. The highest BCUT2D eigenvalue weighted by molar-refractivity contribution is 7.89. The maximum Gasteiger partial charge on any atom is 0.243 e. The second kappa shape index (κ2) is 5.02. The lowest BCUT2D eigenvalue weighted by Crippen LogP contribution is -2.40. The molecule has 1 aliphatic rings. The van der Waals surface area contributed by atoms with Gasteiger partial charge in [-0.3, -0.25) is 0 Å². The summed E-state index contributed by atoms with van der Waals surface area (Å²) in [6.45, 7) is 3.00. The van der Waals surface area contributed by atoms with Crippen molar-refractivity contribution in [3.8, 4) is 6.07 Å². The first kappa shape index (κ1) is 13.9. The van der Waals surface area contributed by atoms with Crippen molar-refractivity contribution in [3.63, 3.8) is 0 Å². The molecule has 6 heteroatoms. The van der Waals surface area contributed by atoms with Crippen LogP contribution in [0.3, 0.4) is 0 Å². The molecule has 0 aliphatic carbocycles. The summed E-state index contributed by atoms with van der Waals surface area (Å²) in [5, 5.41) is 8.80. The highest BCUT2D eigenvalue weighted by Gasteiger charge is 2.33. The zero-order valence-electron chi connectivity index (χ0n) is 11.6. The van der Waals surface area contributed by atoms with Crippen molar-refractivity contribution in [2.75, 3.05) is 6.54 Å². The number of aromatic nitrogens is 1. The van der Waals surface area contributed by atoms with Crippen LogP contribution in [0.2, 0.25) is 0 Å². The Hall–Kier alpha value is -2.10. The SMILES string of the molecule is C[C@H]1c2cccn2CCN1S(=O)(=O)c1ccc(C#N)cc1. The second-order valence-electron chi connectivity index (χ2n) is 5.05. The molecule has 0 saturated carbocycles. The van der Waals surface area contributed by atoms with Crippen LogP contribution in [0.15, 0.2) is 47.5 Å². The van der Waals surface area contributed by atoms with E-state index in [9.17, 15) is 8.42 Å². The summed E-state index contributed by atoms with van der Waals surface area (Å²) in [5.74, 6) is 0. The van der Waals surface area contributed by atoms with Crippen molar-refractivity contribution in [2.24, 2.45) is 0 Å². The molecule has 0 radical (unpaired) electrons. The van der Waals surface area contributed by atoms with Crippen molar-refractivity contribution >= 4 is 10.0 Å². The van der Waals surface area contributed by atoms with Gasteiger partial charge in [0.25, 0.3) is 0 Å². The summed E-state index contributed by atoms with van der Waals surface area (Å²) in [6, 6.07) is 11.7. The monoisotopic (exact) mass is 301 g/mol. The molecular formula is C15H15N3O2S. The minimum atomic E-state index is -3.55. The second-order valence-corrected chi connectivity index (χ2v) is 6.94. The third kappa shape index (κ3) is 2.24. The lowest BCUT2D eigenvalue weighted by atomic mass is 10.2. The molecule has 0 fully saturated rings. The van der Waals surface area contributed by atoms with Gasteiger partial charge in [-0.05, 0) is 43.3 Å². The molecule has 1 aromatic heterocycles. The van der Waals surface area contributed by atoms with Crippen molar-refractivity contribution in [1.29, 1.82) is 5.26 Å². The number of hydrogen-bond acceptors (Lipinski definition) is 3. The van der Waals surface area contributed by atoms with Crippen molar-refractivity contribution in [1.82, 2.24) is 8.87 Å². The predicted molar refractivity (Wildman–Crippen MR) is 77.9 cm³/mol. The highest BCUT2D eigenvalue weighted by atomic mass is 32.2. The van der Waals surface area contributed by atoms with Crippen LogP contribution >= 0.6 is 0 Å². The molecule has 3 rings (SSSR count). The van der Waals surface area contributed by atoms with E-state index in [-0.39, 0.29) is 10.9 Å². The molecule has 1 aromatic carbocycles. The van der Waals surface area contributed by atoms with Gasteiger partial charge in [-0.25, -0.2) is 8.42 Å². The van der Waals surface area contributed by atoms with Gasteiger partial charge in [-0.1, -0.05) is 0 Å². The topological polar surface area (TPSA) is 66.1 Å². The molecule has 0 unspecified atom stereocenters. The standard InChI is InChI=1S/C15H15N3O2S/c1-12-15-3-2-8-17(15)9-10-18(12)21(19,20)14-6-4-13(11-16)5-7-14/h2-8,12H,9-10H2,1H3/t12-/m0/s1. The minimum absolute atomic E-state index is 0.200. The predicted octanol–water partition coefficient (Wildman–Crippen LogP) is 2.13. The molecule has 1 atom stereocenters. The maximum absolute atomic E-state index is 12.8. The Balaban J connectivity index is 1.97. The average molecular weight is 301 g/mol. The van der Waals surface area contributed by atoms with Gasteiger partial charge in [-0.15, -0.1) is 0 Å². The van der Waals surface area contributed by atoms with E-state index in [0.29, 0.717) is 18.7 Å². The first-order valence-electron chi connectivity index (χ1n) is 6.71. The van der Waals surface area contributed by atoms with Crippen molar-refractivity contribution in [3.05, 3.63) is 53.9 Å². The van der Waals surface area contributed by atoms with E-state index in [1.807, 2.05) is 31.3 Å². The summed E-state index contributed by atoms with van der Waals surface area (Å²) in [7, 11) is -3.55. The van der Waals surface area contributed by atoms with E-state index >= 15 is 0 Å². The average Bonchev–Trinajstić information content (AvgIpc) is 2.97. The van der Waals surface area contributed by atoms with E-state index < -0.39 is 10.0 Å². The van der Waals surface area contributed by atoms with Crippen LogP contribution in [0.5, 0.6) is 0 Å². The largest absolute Gasteiger partial charge is 0.349 e. The van der Waals surface area contributed by atoms with E-state index in [4.69, 9.17) is 5.26 Å². The van der Waals surface area contributed by atoms with Gasteiger partial charge in [0.2, 0.25) is 10.0 Å². The third-order valence-corrected chi connectivity index (χ3v) is 5.86. The Morgan fingerprint density at radius 1 is 1.19 bits per heavy atom. The number of benzene rings is 1. The summed E-state index contributed by atoms with van der Waals surface area (Å²) >= 11 is 0. The molecule has 21 heavy (non-hydrogen) atoms. The Kier molecular flexibility index (Phi) is 3.32. The van der Waals surface area contributed by atoms with Crippen LogP contribution in [0, 0.1) is 11.3 Å². The lowest BCUT2D eigenvalue weighted by molar-refractivity contribution is 0.282. The zero-order chi connectivity index (χ0) is 15.0. The normalized spacial score (nSPS) is 19.0. The molecule has 108 valence electrons. The fraction of sp³-hybridized carbons (Fsp3) is 0.267. The van der Waals surface area contributed by atoms with Gasteiger partial charge in [0.05, 0.1) is 22.6 Å². The first-order chi connectivity index (χ1) is 10.0. The number of nitriles is 1. The quantitative estimate of drug-likeness (QED) is 0.853. The van der Waals surface area contributed by atoms with Crippen LogP contribution in [-0.4, -0.2) is 23.8 Å². The van der Waals surface area contributed by atoms with Gasteiger partial charge in [0.1, 0.15) is 0 Å². The van der Waals surface area contributed by atoms with Crippen LogP contribution < -0.4 is 0 Å². The smallest absolute Gasteiger partial charge is 0.243 e. The summed E-state index contributed by atoms with van der Waals surface area (Å²) in [6.07, 6.45) is 1.97. The lowest BCUT2D eigenvalue weighted by Gasteiger charge is -2.33. The molecule has 0 amide bonds. The first-order valence-corrected chi connectivity index (χ1v) is 8.15. The van der Waals surface area contributed by atoms with Crippen LogP contribution in [0.4, 0.5) is 0 Å². The van der Waals surface area contributed by atoms with Crippen molar-refractivity contribution in [2.45, 2.75) is 24.4 Å². The Morgan fingerprint density at radius 2 is 1.90 bits per heavy atom. The Bertz CT molecular complexity index is 800. The molecule has 0 spiro atoms. The van der Waals surface area contributed by atoms with E-state index in [1.165, 1.54) is 28.6 Å². The molecule has 0 N–H and O–H groups in total. The number of fused-ring (bicyclic) bond motifs is 1. The molecule has 2 heterocycles. The summed E-state index contributed by atoms with van der Waals surface area (Å²) < 4.78 is 29.1. The number of rotatable bonds is 2. The van der Waals surface area contributed by atoms with Crippen molar-refractivity contribution < 1.29 is 8.42 Å². The fourth-order valence-electron chi connectivity index (χ4n) is 2.72. The molecular weight excluding hydrogens is 286 g/mol. The minimum Gasteiger partial charge on any atom is -0.349 e. The third-order valence-electron chi connectivity index (χ3n) is 3.88. The molecule has 1 aliphatic heterocycles. The van der Waals surface area contributed by atoms with Gasteiger partial charge >= 0.3 is 0 Å². The van der Waals surface area contributed by atoms with E-state index in [0.717, 1.165) is 5.69 Å². The van der Waals surface area contributed by atoms with Crippen LogP contribution in [-0.2, 0) is 16.6 Å². The van der Waals surface area contributed by atoms with Gasteiger partial charge in [0, 0.05) is 25.0 Å². The number of sulfonamides is 1. The molecule has 2 aromatic rings. The molecule has 0 saturated heterocycles. The number of nitrogens with zero attached hydrogens (tertiary/aromatic N) is 3. The fourth-order valence-corrected chi connectivity index (χ4v) is 4.32. The van der Waals surface area contributed by atoms with Crippen LogP contribution in [0.25, 0.3) is 0 Å². The van der Waals surface area contributed by atoms with E-state index in [1.54, 1.807) is 0 Å². The van der Waals surface area contributed by atoms with Crippen LogP contribution in [0.1, 0.15) is 24.2 Å². The van der Waals surface area contributed by atoms with Gasteiger partial charge < -0.3 is 4.57 Å². The molecule has 0 bridgehead atoms.